The molecular weight excluding hydrogens is 274 g/mol. The van der Waals surface area contributed by atoms with Crippen LogP contribution < -0.4 is 5.32 Å². The molecular formula is C10H17N3O3S2. The first-order chi connectivity index (χ1) is 8.52. The number of thioether (sulfide) groups is 1. The average Bonchev–Trinajstić information content (AvgIpc) is 2.73. The largest absolute Gasteiger partial charge is 0.481 e. The molecule has 0 fully saturated rings. The van der Waals surface area contributed by atoms with Gasteiger partial charge in [-0.1, -0.05) is 36.9 Å². The van der Waals surface area contributed by atoms with E-state index in [1.807, 2.05) is 0 Å². The van der Waals surface area contributed by atoms with Crippen LogP contribution in [0.4, 0.5) is 5.13 Å². The van der Waals surface area contributed by atoms with Gasteiger partial charge in [0, 0.05) is 7.11 Å². The summed E-state index contributed by atoms with van der Waals surface area (Å²) in [7, 11) is 1.66. The maximum Gasteiger partial charge on any atom is 0.313 e. The van der Waals surface area contributed by atoms with E-state index in [4.69, 9.17) is 9.84 Å². The lowest BCUT2D eigenvalue weighted by atomic mass is 10.1. The summed E-state index contributed by atoms with van der Waals surface area (Å²) in [5.74, 6) is -0.451. The molecule has 0 amide bonds. The maximum atomic E-state index is 10.4. The second-order valence-corrected chi connectivity index (χ2v) is 6.21. The molecule has 1 aromatic rings. The first kappa shape index (κ1) is 15.2. The number of nitrogens with zero attached hydrogens (tertiary/aromatic N) is 2. The van der Waals surface area contributed by atoms with Gasteiger partial charge in [-0.15, -0.1) is 10.2 Å². The second kappa shape index (κ2) is 7.55. The molecule has 1 heterocycles. The lowest BCUT2D eigenvalue weighted by molar-refractivity contribution is -0.133. The number of anilines is 1. The number of aromatic nitrogens is 2. The lowest BCUT2D eigenvalue weighted by Crippen LogP contribution is -2.30. The minimum Gasteiger partial charge on any atom is -0.481 e. The number of nitrogens with one attached hydrogen (secondary N) is 1. The molecule has 1 atom stereocenters. The van der Waals surface area contributed by atoms with E-state index in [-0.39, 0.29) is 11.8 Å². The zero-order valence-corrected chi connectivity index (χ0v) is 12.2. The Morgan fingerprint density at radius 1 is 1.56 bits per heavy atom. The van der Waals surface area contributed by atoms with Gasteiger partial charge in [-0.3, -0.25) is 4.79 Å². The summed E-state index contributed by atoms with van der Waals surface area (Å²) in [5.41, 5.74) is 0. The average molecular weight is 291 g/mol. The van der Waals surface area contributed by atoms with Gasteiger partial charge in [-0.05, 0) is 5.92 Å². The van der Waals surface area contributed by atoms with E-state index < -0.39 is 5.97 Å². The predicted octanol–water partition coefficient (Wildman–Crippen LogP) is 1.80. The molecule has 0 saturated carbocycles. The zero-order valence-electron chi connectivity index (χ0n) is 10.5. The fourth-order valence-electron chi connectivity index (χ4n) is 1.19. The molecule has 102 valence electrons. The van der Waals surface area contributed by atoms with E-state index in [1.54, 1.807) is 7.11 Å². The van der Waals surface area contributed by atoms with Gasteiger partial charge in [0.15, 0.2) is 4.34 Å². The van der Waals surface area contributed by atoms with Gasteiger partial charge in [0.1, 0.15) is 0 Å². The Morgan fingerprint density at radius 3 is 2.83 bits per heavy atom. The van der Waals surface area contributed by atoms with Crippen LogP contribution in [0, 0.1) is 5.92 Å². The summed E-state index contributed by atoms with van der Waals surface area (Å²) in [5, 5.41) is 20.4. The third-order valence-electron chi connectivity index (χ3n) is 2.19. The van der Waals surface area contributed by atoms with Gasteiger partial charge < -0.3 is 15.2 Å². The molecule has 0 bridgehead atoms. The Kier molecular flexibility index (Phi) is 6.37. The minimum atomic E-state index is -0.857. The molecule has 8 heteroatoms. The van der Waals surface area contributed by atoms with Crippen LogP contribution in [0.5, 0.6) is 0 Å². The molecule has 1 rings (SSSR count). The fraction of sp³-hybridized carbons (Fsp3) is 0.700. The van der Waals surface area contributed by atoms with E-state index in [1.165, 1.54) is 23.1 Å². The van der Waals surface area contributed by atoms with Crippen molar-refractivity contribution in [2.75, 3.05) is 24.8 Å². The highest BCUT2D eigenvalue weighted by molar-refractivity contribution is 8.01. The number of ether oxygens (including phenoxy) is 1. The number of carbonyl (C=O) groups is 1. The monoisotopic (exact) mass is 291 g/mol. The smallest absolute Gasteiger partial charge is 0.313 e. The van der Waals surface area contributed by atoms with Crippen LogP contribution in [0.1, 0.15) is 13.8 Å². The van der Waals surface area contributed by atoms with Crippen molar-refractivity contribution in [3.63, 3.8) is 0 Å². The highest BCUT2D eigenvalue weighted by atomic mass is 32.2. The number of methoxy groups -OCH3 is 1. The molecule has 1 aromatic heterocycles. The molecule has 2 N–H and O–H groups in total. The predicted molar refractivity (Wildman–Crippen MR) is 72.4 cm³/mol. The summed E-state index contributed by atoms with van der Waals surface area (Å²) in [6.07, 6.45) is 0. The zero-order chi connectivity index (χ0) is 13.5. The third-order valence-corrected chi connectivity index (χ3v) is 4.16. The first-order valence-corrected chi connectivity index (χ1v) is 7.26. The van der Waals surface area contributed by atoms with Gasteiger partial charge in [-0.2, -0.15) is 0 Å². The summed E-state index contributed by atoms with van der Waals surface area (Å²) < 4.78 is 5.79. The number of rotatable bonds is 8. The molecule has 0 aliphatic heterocycles. The normalized spacial score (nSPS) is 12.7. The highest BCUT2D eigenvalue weighted by Gasteiger charge is 2.15. The molecule has 1 unspecified atom stereocenters. The van der Waals surface area contributed by atoms with Crippen molar-refractivity contribution in [1.82, 2.24) is 10.2 Å². The Hall–Kier alpha value is -0.860. The van der Waals surface area contributed by atoms with Crippen molar-refractivity contribution in [2.45, 2.75) is 24.2 Å². The fourth-order valence-corrected chi connectivity index (χ4v) is 2.72. The number of carboxylic acid groups (broad SMARTS) is 1. The molecule has 6 nitrogen and oxygen atoms in total. The Morgan fingerprint density at radius 2 is 2.28 bits per heavy atom. The number of hydrogen-bond donors (Lipinski definition) is 2. The topological polar surface area (TPSA) is 84.3 Å². The Bertz CT molecular complexity index is 384. The number of hydrogen-bond acceptors (Lipinski definition) is 7. The molecule has 0 saturated heterocycles. The highest BCUT2D eigenvalue weighted by Crippen LogP contribution is 2.26. The van der Waals surface area contributed by atoms with Crippen molar-refractivity contribution in [3.8, 4) is 0 Å². The van der Waals surface area contributed by atoms with Crippen molar-refractivity contribution in [2.24, 2.45) is 5.92 Å². The number of aliphatic carboxylic acids is 1. The van der Waals surface area contributed by atoms with Crippen LogP contribution in [0.2, 0.25) is 0 Å². The molecule has 0 radical (unpaired) electrons. The maximum absolute atomic E-state index is 10.4. The quantitative estimate of drug-likeness (QED) is 0.706. The van der Waals surface area contributed by atoms with E-state index >= 15 is 0 Å². The van der Waals surface area contributed by atoms with Gasteiger partial charge in [0.05, 0.1) is 18.4 Å². The van der Waals surface area contributed by atoms with Crippen molar-refractivity contribution in [3.05, 3.63) is 0 Å². The van der Waals surface area contributed by atoms with Crippen LogP contribution in [-0.4, -0.2) is 46.8 Å². The lowest BCUT2D eigenvalue weighted by Gasteiger charge is -2.20. The van der Waals surface area contributed by atoms with Crippen LogP contribution in [0.15, 0.2) is 4.34 Å². The van der Waals surface area contributed by atoms with Gasteiger partial charge in [-0.25, -0.2) is 0 Å². The molecule has 0 aliphatic rings. The number of carboxylic acids is 1. The van der Waals surface area contributed by atoms with E-state index in [2.05, 4.69) is 29.4 Å². The van der Waals surface area contributed by atoms with Crippen molar-refractivity contribution >= 4 is 34.2 Å². The van der Waals surface area contributed by atoms with E-state index in [0.29, 0.717) is 22.0 Å². The second-order valence-electron chi connectivity index (χ2n) is 4.01. The summed E-state index contributed by atoms with van der Waals surface area (Å²) in [6.45, 7) is 4.78. The van der Waals surface area contributed by atoms with E-state index in [9.17, 15) is 4.79 Å². The summed E-state index contributed by atoms with van der Waals surface area (Å²) in [6, 6.07) is 0.167. The summed E-state index contributed by atoms with van der Waals surface area (Å²) in [4.78, 5) is 10.4. The Balaban J connectivity index is 2.53. The Labute approximate surface area is 114 Å². The van der Waals surface area contributed by atoms with Crippen molar-refractivity contribution in [1.29, 1.82) is 0 Å². The van der Waals surface area contributed by atoms with Crippen LogP contribution in [0.3, 0.4) is 0 Å². The van der Waals surface area contributed by atoms with Gasteiger partial charge in [0.2, 0.25) is 5.13 Å². The molecule has 0 aromatic carbocycles. The SMILES string of the molecule is COCC(Nc1nnc(SCC(=O)O)s1)C(C)C. The third kappa shape index (κ3) is 5.19. The van der Waals surface area contributed by atoms with Crippen LogP contribution in [-0.2, 0) is 9.53 Å². The van der Waals surface area contributed by atoms with Crippen molar-refractivity contribution < 1.29 is 14.6 Å². The standard InChI is InChI=1S/C10H17N3O3S2/c1-6(2)7(4-16-3)11-9-12-13-10(18-9)17-5-8(14)15/h6-7H,4-5H2,1-3H3,(H,11,12)(H,14,15). The molecule has 18 heavy (non-hydrogen) atoms. The minimum absolute atomic E-state index is 0.000311. The van der Waals surface area contributed by atoms with Crippen LogP contribution in [0.25, 0.3) is 0 Å². The van der Waals surface area contributed by atoms with Crippen LogP contribution >= 0.6 is 23.1 Å². The van der Waals surface area contributed by atoms with Gasteiger partial charge >= 0.3 is 5.97 Å². The van der Waals surface area contributed by atoms with Gasteiger partial charge in [0.25, 0.3) is 0 Å². The molecule has 0 aliphatic carbocycles. The summed E-state index contributed by atoms with van der Waals surface area (Å²) >= 11 is 2.53. The first-order valence-electron chi connectivity index (χ1n) is 5.46. The molecule has 0 spiro atoms. The van der Waals surface area contributed by atoms with E-state index in [0.717, 1.165) is 0 Å².